The molecule has 0 bridgehead atoms. The predicted molar refractivity (Wildman–Crippen MR) is 102 cm³/mol. The molecule has 2 amide bonds. The van der Waals surface area contributed by atoms with Gasteiger partial charge in [-0.25, -0.2) is 0 Å². The summed E-state index contributed by atoms with van der Waals surface area (Å²) in [6.45, 7) is 0.153. The zero-order chi connectivity index (χ0) is 19.7. The van der Waals surface area contributed by atoms with Crippen LogP contribution in [0.15, 0.2) is 41.3 Å². The molecule has 1 saturated heterocycles. The van der Waals surface area contributed by atoms with Gasteiger partial charge < -0.3 is 14.2 Å². The van der Waals surface area contributed by atoms with Crippen molar-refractivity contribution in [2.45, 2.75) is 6.54 Å². The minimum Gasteiger partial charge on any atom is -0.493 e. The number of benzene rings is 2. The van der Waals surface area contributed by atoms with Gasteiger partial charge in [0.25, 0.3) is 11.1 Å². The lowest BCUT2D eigenvalue weighted by molar-refractivity contribution is -0.123. The van der Waals surface area contributed by atoms with Crippen LogP contribution in [0.2, 0.25) is 0 Å². The van der Waals surface area contributed by atoms with Gasteiger partial charge in [0.2, 0.25) is 12.5 Å². The first-order valence-electron chi connectivity index (χ1n) is 8.31. The van der Waals surface area contributed by atoms with Gasteiger partial charge in [-0.3, -0.25) is 14.5 Å². The van der Waals surface area contributed by atoms with E-state index < -0.39 is 5.91 Å². The molecule has 0 unspecified atom stereocenters. The number of nitrogens with zero attached hydrogens (tertiary/aromatic N) is 2. The average Bonchev–Trinajstić information content (AvgIpc) is 3.28. The number of hydrogen-bond acceptors (Lipinski definition) is 7. The van der Waals surface area contributed by atoms with Crippen molar-refractivity contribution in [2.75, 3.05) is 13.9 Å². The smallest absolute Gasteiger partial charge is 0.293 e. The highest BCUT2D eigenvalue weighted by molar-refractivity contribution is 8.18. The van der Waals surface area contributed by atoms with E-state index in [0.29, 0.717) is 38.8 Å². The van der Waals surface area contributed by atoms with Crippen LogP contribution in [0.4, 0.5) is 4.79 Å². The SMILES string of the molecule is COc1cc(/C=C2/SC(=O)N(Cc3ccccc3C#N)C2=O)cc2c1OCO2. The highest BCUT2D eigenvalue weighted by Crippen LogP contribution is 2.43. The molecular weight excluding hydrogens is 380 g/mol. The van der Waals surface area contributed by atoms with Crippen molar-refractivity contribution in [3.05, 3.63) is 58.0 Å². The topological polar surface area (TPSA) is 88.9 Å². The molecule has 2 aliphatic rings. The Hall–Kier alpha value is -3.44. The van der Waals surface area contributed by atoms with Crippen LogP contribution >= 0.6 is 11.8 Å². The zero-order valence-electron chi connectivity index (χ0n) is 14.8. The quantitative estimate of drug-likeness (QED) is 0.733. The van der Waals surface area contributed by atoms with Crippen LogP contribution in [0.3, 0.4) is 0 Å². The van der Waals surface area contributed by atoms with Gasteiger partial charge in [0, 0.05) is 0 Å². The lowest BCUT2D eigenvalue weighted by Crippen LogP contribution is -2.27. The number of amides is 2. The largest absolute Gasteiger partial charge is 0.493 e. The summed E-state index contributed by atoms with van der Waals surface area (Å²) in [6.07, 6.45) is 1.62. The summed E-state index contributed by atoms with van der Waals surface area (Å²) in [7, 11) is 1.52. The van der Waals surface area contributed by atoms with Gasteiger partial charge in [0.15, 0.2) is 11.5 Å². The molecular formula is C20H14N2O5S. The van der Waals surface area contributed by atoms with E-state index in [9.17, 15) is 14.9 Å². The number of fused-ring (bicyclic) bond motifs is 1. The van der Waals surface area contributed by atoms with Crippen molar-refractivity contribution < 1.29 is 23.8 Å². The fourth-order valence-electron chi connectivity index (χ4n) is 2.96. The van der Waals surface area contributed by atoms with Gasteiger partial charge >= 0.3 is 0 Å². The predicted octanol–water partition coefficient (Wildman–Crippen LogP) is 3.53. The molecule has 2 heterocycles. The van der Waals surface area contributed by atoms with Crippen molar-refractivity contribution in [2.24, 2.45) is 0 Å². The van der Waals surface area contributed by atoms with E-state index in [-0.39, 0.29) is 18.6 Å². The first-order valence-corrected chi connectivity index (χ1v) is 9.13. The van der Waals surface area contributed by atoms with Crippen LogP contribution in [0.1, 0.15) is 16.7 Å². The summed E-state index contributed by atoms with van der Waals surface area (Å²) in [6, 6.07) is 12.4. The van der Waals surface area contributed by atoms with Crippen molar-refractivity contribution in [3.63, 3.8) is 0 Å². The Bertz CT molecular complexity index is 1060. The summed E-state index contributed by atoms with van der Waals surface area (Å²) in [5.74, 6) is 1.12. The van der Waals surface area contributed by atoms with Crippen molar-refractivity contribution in [1.82, 2.24) is 4.90 Å². The van der Waals surface area contributed by atoms with Gasteiger partial charge in [-0.2, -0.15) is 5.26 Å². The van der Waals surface area contributed by atoms with Crippen molar-refractivity contribution in [3.8, 4) is 23.3 Å². The molecule has 0 spiro atoms. The van der Waals surface area contributed by atoms with E-state index in [2.05, 4.69) is 6.07 Å². The average molecular weight is 394 g/mol. The van der Waals surface area contributed by atoms with E-state index in [4.69, 9.17) is 14.2 Å². The van der Waals surface area contributed by atoms with Crippen LogP contribution in [0.5, 0.6) is 17.2 Å². The molecule has 0 radical (unpaired) electrons. The highest BCUT2D eigenvalue weighted by Gasteiger charge is 2.35. The van der Waals surface area contributed by atoms with Crippen LogP contribution in [-0.2, 0) is 11.3 Å². The van der Waals surface area contributed by atoms with Crippen LogP contribution in [-0.4, -0.2) is 29.9 Å². The number of carbonyl (C=O) groups excluding carboxylic acids is 2. The van der Waals surface area contributed by atoms with Crippen molar-refractivity contribution in [1.29, 1.82) is 5.26 Å². The lowest BCUT2D eigenvalue weighted by Gasteiger charge is -2.13. The summed E-state index contributed by atoms with van der Waals surface area (Å²) in [4.78, 5) is 26.6. The number of methoxy groups -OCH3 is 1. The monoisotopic (exact) mass is 394 g/mol. The molecule has 2 aromatic carbocycles. The first-order chi connectivity index (χ1) is 13.6. The second-order valence-electron chi connectivity index (χ2n) is 5.99. The number of carbonyl (C=O) groups is 2. The van der Waals surface area contributed by atoms with E-state index in [1.54, 1.807) is 42.5 Å². The molecule has 4 rings (SSSR count). The Balaban J connectivity index is 1.62. The second kappa shape index (κ2) is 7.29. The Labute approximate surface area is 165 Å². The molecule has 0 saturated carbocycles. The number of rotatable bonds is 4. The van der Waals surface area contributed by atoms with E-state index in [1.165, 1.54) is 7.11 Å². The zero-order valence-corrected chi connectivity index (χ0v) is 15.6. The summed E-state index contributed by atoms with van der Waals surface area (Å²) >= 11 is 0.859. The van der Waals surface area contributed by atoms with Crippen LogP contribution in [0, 0.1) is 11.3 Å². The van der Waals surface area contributed by atoms with Gasteiger partial charge in [0.05, 0.1) is 30.2 Å². The molecule has 2 aromatic rings. The van der Waals surface area contributed by atoms with Gasteiger partial charge in [-0.1, -0.05) is 18.2 Å². The molecule has 2 aliphatic heterocycles. The molecule has 0 N–H and O–H groups in total. The molecule has 0 atom stereocenters. The number of ether oxygens (including phenoxy) is 3. The molecule has 1 fully saturated rings. The summed E-state index contributed by atoms with van der Waals surface area (Å²) < 4.78 is 16.1. The molecule has 140 valence electrons. The van der Waals surface area contributed by atoms with Crippen molar-refractivity contribution >= 4 is 29.0 Å². The molecule has 0 aromatic heterocycles. The summed E-state index contributed by atoms with van der Waals surface area (Å²) in [5.41, 5.74) is 1.72. The number of imide groups is 1. The third kappa shape index (κ3) is 3.17. The summed E-state index contributed by atoms with van der Waals surface area (Å²) in [5, 5.41) is 8.83. The molecule has 7 nitrogen and oxygen atoms in total. The Morgan fingerprint density at radius 3 is 2.89 bits per heavy atom. The minimum atomic E-state index is -0.403. The third-order valence-corrected chi connectivity index (χ3v) is 5.23. The number of thioether (sulfide) groups is 1. The minimum absolute atomic E-state index is 0.0518. The normalized spacial score (nSPS) is 16.6. The van der Waals surface area contributed by atoms with Crippen LogP contribution < -0.4 is 14.2 Å². The third-order valence-electron chi connectivity index (χ3n) is 4.32. The standard InChI is InChI=1S/C20H14N2O5S/c1-25-15-6-12(7-16-18(15)27-11-26-16)8-17-19(23)22(20(24)28-17)10-14-5-3-2-4-13(14)9-21/h2-8H,10-11H2,1H3/b17-8+. The fraction of sp³-hybridized carbons (Fsp3) is 0.150. The number of nitriles is 1. The van der Waals surface area contributed by atoms with E-state index in [1.807, 2.05) is 0 Å². The fourth-order valence-corrected chi connectivity index (χ4v) is 3.80. The molecule has 0 aliphatic carbocycles. The van der Waals surface area contributed by atoms with E-state index >= 15 is 0 Å². The van der Waals surface area contributed by atoms with Gasteiger partial charge in [0.1, 0.15) is 0 Å². The Morgan fingerprint density at radius 2 is 2.11 bits per heavy atom. The maximum absolute atomic E-state index is 12.8. The Morgan fingerprint density at radius 1 is 1.29 bits per heavy atom. The van der Waals surface area contributed by atoms with Gasteiger partial charge in [-0.15, -0.1) is 0 Å². The lowest BCUT2D eigenvalue weighted by atomic mass is 10.1. The van der Waals surface area contributed by atoms with Crippen LogP contribution in [0.25, 0.3) is 6.08 Å². The van der Waals surface area contributed by atoms with E-state index in [0.717, 1.165) is 16.7 Å². The maximum Gasteiger partial charge on any atom is 0.293 e. The highest BCUT2D eigenvalue weighted by atomic mass is 32.2. The Kier molecular flexibility index (Phi) is 4.67. The second-order valence-corrected chi connectivity index (χ2v) is 6.99. The maximum atomic E-state index is 12.8. The number of hydrogen-bond donors (Lipinski definition) is 0. The molecule has 8 heteroatoms. The molecule has 28 heavy (non-hydrogen) atoms. The first kappa shape index (κ1) is 17.9. The van der Waals surface area contributed by atoms with Gasteiger partial charge in [-0.05, 0) is 47.2 Å².